The van der Waals surface area contributed by atoms with Gasteiger partial charge in [-0.1, -0.05) is 35.1 Å². The van der Waals surface area contributed by atoms with E-state index in [2.05, 4.69) is 15.8 Å². The fraction of sp³-hybridized carbons (Fsp3) is 0.125. The van der Waals surface area contributed by atoms with Gasteiger partial charge in [0.1, 0.15) is 17.1 Å². The maximum atomic E-state index is 13.6. The number of hydrazine groups is 1. The Morgan fingerprint density at radius 3 is 2.60 bits per heavy atom. The number of nitrogens with one attached hydrogen (secondary N) is 2. The number of fused-ring (bicyclic) bond motifs is 1. The number of thiazole rings is 1. The van der Waals surface area contributed by atoms with Crippen LogP contribution in [0, 0.1) is 12.7 Å². The second-order valence-electron chi connectivity index (χ2n) is 5.35. The molecular weight excluding hydrogens is 365 g/mol. The van der Waals surface area contributed by atoms with Crippen molar-refractivity contribution in [2.24, 2.45) is 0 Å². The molecule has 2 aromatic carbocycles. The molecule has 0 unspecified atom stereocenters. The van der Waals surface area contributed by atoms with Crippen LogP contribution in [0.25, 0.3) is 10.2 Å². The van der Waals surface area contributed by atoms with Gasteiger partial charge in [0.25, 0.3) is 5.91 Å². The number of carbonyl (C=O) groups excluding carboxylic acids is 1. The summed E-state index contributed by atoms with van der Waals surface area (Å²) in [6.45, 7) is 1.84. The number of anilines is 1. The highest BCUT2D eigenvalue weighted by Crippen LogP contribution is 2.26. The molecule has 3 aromatic rings. The summed E-state index contributed by atoms with van der Waals surface area (Å²) in [7, 11) is -3.74. The van der Waals surface area contributed by atoms with E-state index in [1.54, 1.807) is 24.3 Å². The minimum absolute atomic E-state index is 0.0790. The summed E-state index contributed by atoms with van der Waals surface area (Å²) in [6, 6.07) is 10.8. The van der Waals surface area contributed by atoms with E-state index >= 15 is 0 Å². The van der Waals surface area contributed by atoms with Crippen LogP contribution in [0.4, 0.5) is 9.52 Å². The molecule has 0 aliphatic heterocycles. The van der Waals surface area contributed by atoms with Crippen molar-refractivity contribution in [3.05, 3.63) is 53.8 Å². The van der Waals surface area contributed by atoms with E-state index in [0.29, 0.717) is 4.70 Å². The topological polar surface area (TPSA) is 88.2 Å². The first-order valence-corrected chi connectivity index (χ1v) is 9.71. The van der Waals surface area contributed by atoms with Gasteiger partial charge in [0.05, 0.1) is 9.60 Å². The lowest BCUT2D eigenvalue weighted by Gasteiger charge is -2.07. The first-order valence-electron chi connectivity index (χ1n) is 7.24. The molecule has 3 rings (SSSR count). The fourth-order valence-corrected chi connectivity index (χ4v) is 4.10. The first-order chi connectivity index (χ1) is 11.8. The van der Waals surface area contributed by atoms with E-state index in [4.69, 9.17) is 0 Å². The smallest absolute Gasteiger partial charge is 0.253 e. The lowest BCUT2D eigenvalue weighted by atomic mass is 10.2. The molecule has 0 atom stereocenters. The first kappa shape index (κ1) is 17.3. The van der Waals surface area contributed by atoms with E-state index in [9.17, 15) is 17.6 Å². The number of sulfone groups is 1. The molecule has 0 radical (unpaired) electrons. The van der Waals surface area contributed by atoms with Crippen molar-refractivity contribution in [2.75, 3.05) is 11.2 Å². The Hall–Kier alpha value is -2.52. The number of halogens is 1. The van der Waals surface area contributed by atoms with Crippen molar-refractivity contribution in [3.8, 4) is 0 Å². The van der Waals surface area contributed by atoms with Gasteiger partial charge in [-0.25, -0.2) is 17.8 Å². The highest BCUT2D eigenvalue weighted by molar-refractivity contribution is 7.92. The number of para-hydroxylation sites is 1. The molecule has 0 saturated carbocycles. The van der Waals surface area contributed by atoms with Crippen LogP contribution in [0.3, 0.4) is 0 Å². The summed E-state index contributed by atoms with van der Waals surface area (Å²) in [5, 5.41) is 0.265. The maximum Gasteiger partial charge on any atom is 0.253 e. The van der Waals surface area contributed by atoms with Crippen LogP contribution < -0.4 is 10.9 Å². The normalized spacial score (nSPS) is 11.4. The van der Waals surface area contributed by atoms with Crippen LogP contribution >= 0.6 is 11.3 Å². The summed E-state index contributed by atoms with van der Waals surface area (Å²) in [5.74, 6) is -1.90. The van der Waals surface area contributed by atoms with Gasteiger partial charge >= 0.3 is 0 Å². The predicted octanol–water partition coefficient (Wildman–Crippen LogP) is 2.66. The maximum absolute atomic E-state index is 13.6. The van der Waals surface area contributed by atoms with Gasteiger partial charge in [-0.15, -0.1) is 0 Å². The van der Waals surface area contributed by atoms with Gasteiger partial charge < -0.3 is 0 Å². The summed E-state index contributed by atoms with van der Waals surface area (Å²) < 4.78 is 38.6. The molecule has 0 aliphatic carbocycles. The number of rotatable bonds is 5. The van der Waals surface area contributed by atoms with Crippen molar-refractivity contribution in [1.29, 1.82) is 0 Å². The van der Waals surface area contributed by atoms with Gasteiger partial charge in [0, 0.05) is 0 Å². The molecule has 25 heavy (non-hydrogen) atoms. The second-order valence-corrected chi connectivity index (χ2v) is 8.37. The molecule has 0 saturated heterocycles. The number of amides is 1. The van der Waals surface area contributed by atoms with Gasteiger partial charge in [0.2, 0.25) is 5.13 Å². The molecule has 0 fully saturated rings. The molecule has 1 heterocycles. The molecule has 0 spiro atoms. The van der Waals surface area contributed by atoms with Gasteiger partial charge in [-0.05, 0) is 31.2 Å². The van der Waals surface area contributed by atoms with Crippen molar-refractivity contribution >= 4 is 42.4 Å². The third-order valence-corrected chi connectivity index (χ3v) is 5.95. The monoisotopic (exact) mass is 379 g/mol. The number of nitrogens with zero attached hydrogens (tertiary/aromatic N) is 1. The summed E-state index contributed by atoms with van der Waals surface area (Å²) in [6.07, 6.45) is 0. The molecular formula is C16H14FN3O3S2. The summed E-state index contributed by atoms with van der Waals surface area (Å²) in [4.78, 5) is 16.0. The van der Waals surface area contributed by atoms with E-state index in [0.717, 1.165) is 16.9 Å². The van der Waals surface area contributed by atoms with Crippen LogP contribution in [0.2, 0.25) is 0 Å². The van der Waals surface area contributed by atoms with Crippen LogP contribution in [0.15, 0.2) is 47.4 Å². The molecule has 1 amide bonds. The Balaban J connectivity index is 1.65. The number of carbonyl (C=O) groups is 1. The van der Waals surface area contributed by atoms with Gasteiger partial charge in [0.15, 0.2) is 9.84 Å². The fourth-order valence-electron chi connectivity index (χ4n) is 2.13. The average molecular weight is 379 g/mol. The zero-order valence-electron chi connectivity index (χ0n) is 13.1. The largest absolute Gasteiger partial charge is 0.273 e. The quantitative estimate of drug-likeness (QED) is 0.666. The third-order valence-electron chi connectivity index (χ3n) is 3.38. The number of hydrogen-bond acceptors (Lipinski definition) is 6. The zero-order valence-corrected chi connectivity index (χ0v) is 14.7. The predicted molar refractivity (Wildman–Crippen MR) is 94.6 cm³/mol. The average Bonchev–Trinajstić information content (AvgIpc) is 2.97. The number of aromatic nitrogens is 1. The van der Waals surface area contributed by atoms with Crippen molar-refractivity contribution in [1.82, 2.24) is 10.4 Å². The Morgan fingerprint density at radius 2 is 1.92 bits per heavy atom. The Bertz CT molecular complexity index is 1030. The van der Waals surface area contributed by atoms with E-state index in [1.165, 1.54) is 18.2 Å². The molecule has 6 nitrogen and oxygen atoms in total. The van der Waals surface area contributed by atoms with E-state index in [1.807, 2.05) is 6.92 Å². The highest BCUT2D eigenvalue weighted by atomic mass is 32.2. The molecule has 130 valence electrons. The molecule has 2 N–H and O–H groups in total. The minimum atomic E-state index is -3.74. The van der Waals surface area contributed by atoms with Crippen LogP contribution in [0.1, 0.15) is 5.56 Å². The van der Waals surface area contributed by atoms with Crippen molar-refractivity contribution in [2.45, 2.75) is 11.8 Å². The lowest BCUT2D eigenvalue weighted by molar-refractivity contribution is -0.118. The molecule has 1 aromatic heterocycles. The second kappa shape index (κ2) is 6.77. The number of aryl methyl sites for hydroxylation is 1. The van der Waals surface area contributed by atoms with E-state index in [-0.39, 0.29) is 15.5 Å². The summed E-state index contributed by atoms with van der Waals surface area (Å²) >= 11 is 1.14. The zero-order chi connectivity index (χ0) is 18.0. The molecule has 0 aliphatic rings. The van der Waals surface area contributed by atoms with Crippen LogP contribution in [0.5, 0.6) is 0 Å². The Kier molecular flexibility index (Phi) is 4.69. The van der Waals surface area contributed by atoms with Crippen LogP contribution in [-0.4, -0.2) is 25.1 Å². The number of benzene rings is 2. The van der Waals surface area contributed by atoms with E-state index < -0.39 is 27.3 Å². The van der Waals surface area contributed by atoms with Crippen LogP contribution in [-0.2, 0) is 14.6 Å². The molecule has 9 heteroatoms. The SMILES string of the molecule is Cc1ccc(S(=O)(=O)CC(=O)NNc2nc3c(F)cccc3s2)cc1. The number of hydrogen-bond donors (Lipinski definition) is 2. The van der Waals surface area contributed by atoms with Gasteiger partial charge in [-0.2, -0.15) is 0 Å². The van der Waals surface area contributed by atoms with Gasteiger partial charge in [-0.3, -0.25) is 15.6 Å². The standard InChI is InChI=1S/C16H14FN3O3S2/c1-10-5-7-11(8-6-10)25(22,23)9-14(21)19-20-16-18-15-12(17)3-2-4-13(15)24-16/h2-8H,9H2,1H3,(H,18,20)(H,19,21). The minimum Gasteiger partial charge on any atom is -0.273 e. The van der Waals surface area contributed by atoms with Crippen molar-refractivity contribution in [3.63, 3.8) is 0 Å². The lowest BCUT2D eigenvalue weighted by Crippen LogP contribution is -2.34. The Morgan fingerprint density at radius 1 is 1.20 bits per heavy atom. The molecule has 0 bridgehead atoms. The van der Waals surface area contributed by atoms with Crippen molar-refractivity contribution < 1.29 is 17.6 Å². The summed E-state index contributed by atoms with van der Waals surface area (Å²) in [5.41, 5.74) is 5.91. The Labute approximate surface area is 147 Å². The highest BCUT2D eigenvalue weighted by Gasteiger charge is 2.19. The third kappa shape index (κ3) is 3.94.